The molecule has 0 radical (unpaired) electrons. The van der Waals surface area contributed by atoms with Crippen molar-refractivity contribution in [3.63, 3.8) is 0 Å². The molecular formula is C12H22. The van der Waals surface area contributed by atoms with E-state index in [1.165, 1.54) is 44.9 Å². The predicted octanol–water partition coefficient (Wildman–Crippen LogP) is 4.15. The molecule has 2 rings (SSSR count). The van der Waals surface area contributed by atoms with Crippen LogP contribution in [0.15, 0.2) is 0 Å². The van der Waals surface area contributed by atoms with Gasteiger partial charge in [-0.05, 0) is 49.4 Å². The van der Waals surface area contributed by atoms with Crippen LogP contribution >= 0.6 is 0 Å². The van der Waals surface area contributed by atoms with Crippen molar-refractivity contribution < 1.29 is 0 Å². The molecule has 0 N–H and O–H groups in total. The molecule has 0 spiro atoms. The van der Waals surface area contributed by atoms with Gasteiger partial charge in [0.15, 0.2) is 0 Å². The van der Waals surface area contributed by atoms with E-state index in [1.54, 1.807) is 6.42 Å². The van der Waals surface area contributed by atoms with Gasteiger partial charge in [-0.2, -0.15) is 0 Å². The van der Waals surface area contributed by atoms with Crippen LogP contribution in [0.4, 0.5) is 0 Å². The van der Waals surface area contributed by atoms with Crippen LogP contribution in [0.3, 0.4) is 0 Å². The Balaban J connectivity index is 1.89. The molecule has 0 aliphatic heterocycles. The highest BCUT2D eigenvalue weighted by atomic mass is 14.5. The molecule has 2 saturated carbocycles. The Bertz CT molecular complexity index is 161. The smallest absolute Gasteiger partial charge is 0.0292 e. The Hall–Kier alpha value is 0. The summed E-state index contributed by atoms with van der Waals surface area (Å²) in [5, 5.41) is 0. The maximum absolute atomic E-state index is 2.49. The molecule has 0 aromatic carbocycles. The summed E-state index contributed by atoms with van der Waals surface area (Å²) in [5.41, 5.74) is 1.61. The topological polar surface area (TPSA) is 0 Å². The fourth-order valence-electron chi connectivity index (χ4n) is 3.02. The summed E-state index contributed by atoms with van der Waals surface area (Å²) in [4.78, 5) is 0. The van der Waals surface area contributed by atoms with Gasteiger partial charge in [0, 0.05) is 0 Å². The minimum absolute atomic E-state index is 0.787. The summed E-state index contributed by atoms with van der Waals surface area (Å²) < 4.78 is 0. The number of hydrogen-bond donors (Lipinski definition) is 0. The van der Waals surface area contributed by atoms with Gasteiger partial charge < -0.3 is 0 Å². The highest BCUT2D eigenvalue weighted by molar-refractivity contribution is 4.98. The molecule has 0 saturated heterocycles. The van der Waals surface area contributed by atoms with Crippen molar-refractivity contribution in [2.24, 2.45) is 10.8 Å². The van der Waals surface area contributed by atoms with E-state index in [0.29, 0.717) is 0 Å². The van der Waals surface area contributed by atoms with Crippen molar-refractivity contribution in [1.82, 2.24) is 0 Å². The first-order valence-electron chi connectivity index (χ1n) is 5.68. The van der Waals surface area contributed by atoms with Crippen LogP contribution in [-0.4, -0.2) is 0 Å². The van der Waals surface area contributed by atoms with E-state index in [9.17, 15) is 0 Å². The zero-order valence-corrected chi connectivity index (χ0v) is 8.66. The third kappa shape index (κ3) is 1.53. The highest BCUT2D eigenvalue weighted by Gasteiger charge is 2.47. The molecular weight excluding hydrogens is 144 g/mol. The van der Waals surface area contributed by atoms with Gasteiger partial charge in [-0.25, -0.2) is 0 Å². The number of rotatable bonds is 4. The van der Waals surface area contributed by atoms with Crippen molar-refractivity contribution in [1.29, 1.82) is 0 Å². The molecule has 0 heteroatoms. The van der Waals surface area contributed by atoms with E-state index in [2.05, 4.69) is 13.8 Å². The second kappa shape index (κ2) is 2.75. The molecule has 0 unspecified atom stereocenters. The largest absolute Gasteiger partial charge is 0.0654 e. The molecule has 0 aromatic rings. The lowest BCUT2D eigenvalue weighted by atomic mass is 9.61. The van der Waals surface area contributed by atoms with Crippen LogP contribution in [0.1, 0.15) is 65.2 Å². The minimum Gasteiger partial charge on any atom is -0.0654 e. The zero-order chi connectivity index (χ0) is 8.66. The maximum atomic E-state index is 2.49. The van der Waals surface area contributed by atoms with Gasteiger partial charge in [0.25, 0.3) is 0 Å². The lowest BCUT2D eigenvalue weighted by molar-refractivity contribution is 0.0777. The van der Waals surface area contributed by atoms with Gasteiger partial charge >= 0.3 is 0 Å². The molecule has 0 aromatic heterocycles. The molecule has 70 valence electrons. The molecule has 0 amide bonds. The Morgan fingerprint density at radius 3 is 2.08 bits per heavy atom. The number of hydrogen-bond acceptors (Lipinski definition) is 0. The van der Waals surface area contributed by atoms with Crippen LogP contribution in [0, 0.1) is 10.8 Å². The Labute approximate surface area is 76.7 Å². The molecule has 12 heavy (non-hydrogen) atoms. The summed E-state index contributed by atoms with van der Waals surface area (Å²) in [5.74, 6) is 0. The average Bonchev–Trinajstić information content (AvgIpc) is 2.64. The average molecular weight is 166 g/mol. The fraction of sp³-hybridized carbons (Fsp3) is 1.00. The van der Waals surface area contributed by atoms with Gasteiger partial charge in [0.2, 0.25) is 0 Å². The van der Waals surface area contributed by atoms with Crippen LogP contribution < -0.4 is 0 Å². The monoisotopic (exact) mass is 166 g/mol. The van der Waals surface area contributed by atoms with Gasteiger partial charge in [0.1, 0.15) is 0 Å². The van der Waals surface area contributed by atoms with Crippen molar-refractivity contribution in [2.75, 3.05) is 0 Å². The molecule has 0 nitrogen and oxygen atoms in total. The maximum Gasteiger partial charge on any atom is -0.0292 e. The standard InChI is InChI=1S/C12H22/c1-3-5-12(6-4-7-12)10-11(2)8-9-11/h3-10H2,1-2H3. The molecule has 2 aliphatic rings. The lowest BCUT2D eigenvalue weighted by Gasteiger charge is -2.44. The van der Waals surface area contributed by atoms with E-state index in [1.807, 2.05) is 0 Å². The Kier molecular flexibility index (Phi) is 1.97. The summed E-state index contributed by atoms with van der Waals surface area (Å²) in [6, 6.07) is 0. The molecule has 0 bridgehead atoms. The van der Waals surface area contributed by atoms with E-state index < -0.39 is 0 Å². The van der Waals surface area contributed by atoms with E-state index in [4.69, 9.17) is 0 Å². The summed E-state index contributed by atoms with van der Waals surface area (Å²) in [6.45, 7) is 4.83. The van der Waals surface area contributed by atoms with Crippen molar-refractivity contribution in [2.45, 2.75) is 65.2 Å². The van der Waals surface area contributed by atoms with E-state index in [0.717, 1.165) is 10.8 Å². The minimum atomic E-state index is 0.787. The highest BCUT2D eigenvalue weighted by Crippen LogP contribution is 2.59. The quantitative estimate of drug-likeness (QED) is 0.588. The molecule has 2 fully saturated rings. The van der Waals surface area contributed by atoms with E-state index in [-0.39, 0.29) is 0 Å². The van der Waals surface area contributed by atoms with Gasteiger partial charge in [-0.15, -0.1) is 0 Å². The summed E-state index contributed by atoms with van der Waals surface area (Å²) in [7, 11) is 0. The zero-order valence-electron chi connectivity index (χ0n) is 8.66. The van der Waals surface area contributed by atoms with Gasteiger partial charge in [0.05, 0.1) is 0 Å². The molecule has 0 heterocycles. The van der Waals surface area contributed by atoms with Crippen LogP contribution in [0.5, 0.6) is 0 Å². The lowest BCUT2D eigenvalue weighted by Crippen LogP contribution is -2.31. The Morgan fingerprint density at radius 2 is 1.75 bits per heavy atom. The first-order valence-corrected chi connectivity index (χ1v) is 5.68. The van der Waals surface area contributed by atoms with Crippen LogP contribution in [0.2, 0.25) is 0 Å². The normalized spacial score (nSPS) is 29.5. The SMILES string of the molecule is CCCC1(CC2(C)CC2)CCC1. The molecule has 2 aliphatic carbocycles. The third-order valence-electron chi connectivity index (χ3n) is 4.10. The van der Waals surface area contributed by atoms with Crippen molar-refractivity contribution in [3.05, 3.63) is 0 Å². The van der Waals surface area contributed by atoms with Gasteiger partial charge in [-0.3, -0.25) is 0 Å². The second-order valence-corrected chi connectivity index (χ2v) is 5.59. The molecule has 0 atom stereocenters. The van der Waals surface area contributed by atoms with Crippen LogP contribution in [0.25, 0.3) is 0 Å². The second-order valence-electron chi connectivity index (χ2n) is 5.59. The summed E-state index contributed by atoms with van der Waals surface area (Å²) >= 11 is 0. The first-order chi connectivity index (χ1) is 5.68. The Morgan fingerprint density at radius 1 is 1.08 bits per heavy atom. The predicted molar refractivity (Wildman–Crippen MR) is 53.2 cm³/mol. The first kappa shape index (κ1) is 8.59. The summed E-state index contributed by atoms with van der Waals surface area (Å²) in [6.07, 6.45) is 12.1. The third-order valence-corrected chi connectivity index (χ3v) is 4.10. The van der Waals surface area contributed by atoms with Crippen LogP contribution in [-0.2, 0) is 0 Å². The van der Waals surface area contributed by atoms with Crippen molar-refractivity contribution >= 4 is 0 Å². The fourth-order valence-corrected chi connectivity index (χ4v) is 3.02. The van der Waals surface area contributed by atoms with Crippen molar-refractivity contribution in [3.8, 4) is 0 Å². The van der Waals surface area contributed by atoms with Gasteiger partial charge in [-0.1, -0.05) is 26.7 Å². The van der Waals surface area contributed by atoms with E-state index >= 15 is 0 Å².